The van der Waals surface area contributed by atoms with Gasteiger partial charge in [-0.15, -0.1) is 0 Å². The number of nitrogens with two attached hydrogens (primary N) is 1. The van der Waals surface area contributed by atoms with E-state index < -0.39 is 0 Å². The first kappa shape index (κ1) is 13.7. The topological polar surface area (TPSA) is 35.2 Å². The monoisotopic (exact) mass is 307 g/mol. The van der Waals surface area contributed by atoms with Crippen LogP contribution < -0.4 is 10.5 Å². The number of halogens is 2. The molecular weight excluding hydrogens is 293 g/mol. The van der Waals surface area contributed by atoms with Gasteiger partial charge in [-0.1, -0.05) is 41.4 Å². The van der Waals surface area contributed by atoms with Crippen LogP contribution in [-0.2, 0) is 6.42 Å². The number of hydrogen-bond donors (Lipinski definition) is 1. The largest absolute Gasteiger partial charge is 0.495 e. The molecule has 0 bridgehead atoms. The molecule has 0 fully saturated rings. The Morgan fingerprint density at radius 1 is 1.15 bits per heavy atom. The molecule has 2 aromatic rings. The maximum atomic E-state index is 6.38. The van der Waals surface area contributed by atoms with E-state index >= 15 is 0 Å². The predicted molar refractivity (Wildman–Crippen MR) is 83.7 cm³/mol. The molecule has 3 rings (SSSR count). The van der Waals surface area contributed by atoms with E-state index in [1.54, 1.807) is 13.2 Å². The van der Waals surface area contributed by atoms with Gasteiger partial charge in [0.25, 0.3) is 0 Å². The zero-order chi connectivity index (χ0) is 14.3. The quantitative estimate of drug-likeness (QED) is 0.879. The van der Waals surface area contributed by atoms with E-state index in [1.165, 1.54) is 11.1 Å². The van der Waals surface area contributed by atoms with Crippen molar-refractivity contribution in [2.75, 3.05) is 7.11 Å². The van der Waals surface area contributed by atoms with Crippen molar-refractivity contribution in [3.05, 3.63) is 51.5 Å². The van der Waals surface area contributed by atoms with Gasteiger partial charge in [-0.3, -0.25) is 0 Å². The van der Waals surface area contributed by atoms with Gasteiger partial charge in [0.1, 0.15) is 5.75 Å². The van der Waals surface area contributed by atoms with Gasteiger partial charge in [-0.05, 0) is 35.6 Å². The minimum atomic E-state index is 0.123. The fourth-order valence-electron chi connectivity index (χ4n) is 2.83. The van der Waals surface area contributed by atoms with E-state index in [-0.39, 0.29) is 6.04 Å². The molecule has 0 heterocycles. The summed E-state index contributed by atoms with van der Waals surface area (Å²) in [6, 6.07) is 9.93. The lowest BCUT2D eigenvalue weighted by molar-refractivity contribution is 0.415. The van der Waals surface area contributed by atoms with Gasteiger partial charge >= 0.3 is 0 Å². The molecule has 0 saturated carbocycles. The second-order valence-electron chi connectivity index (χ2n) is 4.99. The number of fused-ring (bicyclic) bond motifs is 1. The van der Waals surface area contributed by atoms with Crippen molar-refractivity contribution in [1.29, 1.82) is 0 Å². The molecule has 0 spiro atoms. The van der Waals surface area contributed by atoms with E-state index in [0.29, 0.717) is 15.8 Å². The van der Waals surface area contributed by atoms with Gasteiger partial charge < -0.3 is 10.5 Å². The molecule has 1 unspecified atom stereocenters. The second kappa shape index (κ2) is 5.28. The molecule has 0 amide bonds. The molecule has 0 aliphatic heterocycles. The average Bonchev–Trinajstić information content (AvgIpc) is 2.83. The highest BCUT2D eigenvalue weighted by atomic mass is 35.5. The van der Waals surface area contributed by atoms with E-state index in [2.05, 4.69) is 12.1 Å². The molecule has 4 heteroatoms. The number of methoxy groups -OCH3 is 1. The van der Waals surface area contributed by atoms with Gasteiger partial charge in [0, 0.05) is 17.7 Å². The van der Waals surface area contributed by atoms with Crippen LogP contribution in [0.4, 0.5) is 0 Å². The third-order valence-electron chi connectivity index (χ3n) is 3.85. The van der Waals surface area contributed by atoms with Crippen LogP contribution in [0, 0.1) is 0 Å². The summed E-state index contributed by atoms with van der Waals surface area (Å²) in [4.78, 5) is 0. The van der Waals surface area contributed by atoms with Crippen LogP contribution in [0.2, 0.25) is 10.0 Å². The van der Waals surface area contributed by atoms with Crippen LogP contribution in [0.15, 0.2) is 30.3 Å². The lowest BCUT2D eigenvalue weighted by Gasteiger charge is -2.13. The summed E-state index contributed by atoms with van der Waals surface area (Å²) in [5, 5.41) is 1.20. The normalized spacial score (nSPS) is 17.1. The standard InChI is InChI=1S/C16H15Cl2NO/c1-20-16-8-13(17)12(7-14(16)18)9-3-2-4-11-10(9)5-6-15(11)19/h2-4,7-8,15H,5-6,19H2,1H3. The Balaban J connectivity index is 2.18. The zero-order valence-electron chi connectivity index (χ0n) is 11.1. The van der Waals surface area contributed by atoms with E-state index in [9.17, 15) is 0 Å². The maximum Gasteiger partial charge on any atom is 0.138 e. The van der Waals surface area contributed by atoms with Gasteiger partial charge in [-0.25, -0.2) is 0 Å². The van der Waals surface area contributed by atoms with Crippen molar-refractivity contribution in [3.63, 3.8) is 0 Å². The summed E-state index contributed by atoms with van der Waals surface area (Å²) in [5.74, 6) is 0.588. The maximum absolute atomic E-state index is 6.38. The first-order valence-electron chi connectivity index (χ1n) is 6.52. The summed E-state index contributed by atoms with van der Waals surface area (Å²) < 4.78 is 5.19. The molecule has 0 saturated heterocycles. The van der Waals surface area contributed by atoms with Crippen molar-refractivity contribution in [2.24, 2.45) is 5.73 Å². The highest BCUT2D eigenvalue weighted by Crippen LogP contribution is 2.42. The molecule has 1 aliphatic carbocycles. The molecule has 2 N–H and O–H groups in total. The summed E-state index contributed by atoms with van der Waals surface area (Å²) in [7, 11) is 1.58. The minimum absolute atomic E-state index is 0.123. The van der Waals surface area contributed by atoms with Gasteiger partial charge in [0.05, 0.1) is 17.2 Å². The fourth-order valence-corrected chi connectivity index (χ4v) is 3.33. The molecule has 0 aromatic heterocycles. The Morgan fingerprint density at radius 2 is 1.95 bits per heavy atom. The van der Waals surface area contributed by atoms with E-state index in [0.717, 1.165) is 24.0 Å². The molecule has 2 aromatic carbocycles. The molecule has 1 aliphatic rings. The smallest absolute Gasteiger partial charge is 0.138 e. The third kappa shape index (κ3) is 2.18. The van der Waals surface area contributed by atoms with Gasteiger partial charge in [-0.2, -0.15) is 0 Å². The average molecular weight is 308 g/mol. The van der Waals surface area contributed by atoms with Crippen molar-refractivity contribution < 1.29 is 4.74 Å². The van der Waals surface area contributed by atoms with Crippen LogP contribution in [0.5, 0.6) is 5.75 Å². The highest BCUT2D eigenvalue weighted by Gasteiger charge is 2.23. The lowest BCUT2D eigenvalue weighted by Crippen LogP contribution is -2.04. The van der Waals surface area contributed by atoms with Crippen molar-refractivity contribution in [3.8, 4) is 16.9 Å². The Bertz CT molecular complexity index is 670. The van der Waals surface area contributed by atoms with Crippen LogP contribution in [-0.4, -0.2) is 7.11 Å². The van der Waals surface area contributed by atoms with Crippen LogP contribution in [0.3, 0.4) is 0 Å². The summed E-state index contributed by atoms with van der Waals surface area (Å²) in [6.07, 6.45) is 1.96. The van der Waals surface area contributed by atoms with E-state index in [1.807, 2.05) is 12.1 Å². The van der Waals surface area contributed by atoms with Gasteiger partial charge in [0.2, 0.25) is 0 Å². The molecule has 1 atom stereocenters. The summed E-state index contributed by atoms with van der Waals surface area (Å²) >= 11 is 12.6. The van der Waals surface area contributed by atoms with Crippen LogP contribution in [0.1, 0.15) is 23.6 Å². The second-order valence-corrected chi connectivity index (χ2v) is 5.80. The molecular formula is C16H15Cl2NO. The van der Waals surface area contributed by atoms with Gasteiger partial charge in [0.15, 0.2) is 0 Å². The Hall–Kier alpha value is -1.22. The molecule has 20 heavy (non-hydrogen) atoms. The van der Waals surface area contributed by atoms with Crippen LogP contribution >= 0.6 is 23.2 Å². The highest BCUT2D eigenvalue weighted by molar-refractivity contribution is 6.36. The first-order valence-corrected chi connectivity index (χ1v) is 7.28. The van der Waals surface area contributed by atoms with Crippen molar-refractivity contribution in [1.82, 2.24) is 0 Å². The Labute approximate surface area is 128 Å². The summed E-state index contributed by atoms with van der Waals surface area (Å²) in [6.45, 7) is 0. The predicted octanol–water partition coefficient (Wildman–Crippen LogP) is 4.62. The Kier molecular flexibility index (Phi) is 3.63. The molecule has 2 nitrogen and oxygen atoms in total. The number of ether oxygens (including phenoxy) is 1. The number of rotatable bonds is 2. The Morgan fingerprint density at radius 3 is 2.70 bits per heavy atom. The van der Waals surface area contributed by atoms with Crippen LogP contribution in [0.25, 0.3) is 11.1 Å². The fraction of sp³-hybridized carbons (Fsp3) is 0.250. The van der Waals surface area contributed by atoms with Crippen molar-refractivity contribution >= 4 is 23.2 Å². The molecule has 104 valence electrons. The molecule has 0 radical (unpaired) electrons. The zero-order valence-corrected chi connectivity index (χ0v) is 12.6. The summed E-state index contributed by atoms with van der Waals surface area (Å²) in [5.41, 5.74) is 10.7. The lowest BCUT2D eigenvalue weighted by atomic mass is 9.96. The third-order valence-corrected chi connectivity index (χ3v) is 4.46. The number of hydrogen-bond acceptors (Lipinski definition) is 2. The van der Waals surface area contributed by atoms with E-state index in [4.69, 9.17) is 33.7 Å². The minimum Gasteiger partial charge on any atom is -0.495 e. The van der Waals surface area contributed by atoms with Crippen molar-refractivity contribution in [2.45, 2.75) is 18.9 Å². The number of benzene rings is 2. The first-order chi connectivity index (χ1) is 9.61. The SMILES string of the molecule is COc1cc(Cl)c(-c2cccc3c2CCC3N)cc1Cl.